The number of halogens is 6. The number of alkyl halides is 6. The van der Waals surface area contributed by atoms with E-state index in [9.17, 15) is 31.1 Å². The average Bonchev–Trinajstić information content (AvgIpc) is 3.46. The third-order valence-corrected chi connectivity index (χ3v) is 5.55. The van der Waals surface area contributed by atoms with Crippen molar-refractivity contribution >= 4 is 17.8 Å². The van der Waals surface area contributed by atoms with E-state index in [4.69, 9.17) is 24.2 Å². The zero-order valence-electron chi connectivity index (χ0n) is 19.1. The molecule has 15 heteroatoms. The Balaban J connectivity index is 0.000000286. The number of furan rings is 1. The molecule has 2 aliphatic rings. The van der Waals surface area contributed by atoms with Crippen LogP contribution in [0.15, 0.2) is 47.5 Å². The molecule has 0 unspecified atom stereocenters. The van der Waals surface area contributed by atoms with Gasteiger partial charge in [-0.3, -0.25) is 14.7 Å². The van der Waals surface area contributed by atoms with Gasteiger partial charge in [0.15, 0.2) is 0 Å². The Morgan fingerprint density at radius 2 is 1.49 bits per heavy atom. The highest BCUT2D eigenvalue weighted by Gasteiger charge is 2.43. The monoisotopic (exact) mass is 539 g/mol. The van der Waals surface area contributed by atoms with Gasteiger partial charge in [-0.1, -0.05) is 0 Å². The molecule has 0 aromatic carbocycles. The van der Waals surface area contributed by atoms with E-state index in [1.165, 1.54) is 5.56 Å². The number of nitrogens with zero attached hydrogens (tertiary/aromatic N) is 3. The standard InChI is InChI=1S/C18H21N3O2.2C2HF3O2/c22-18-2-1-16-17(21(18)12-14-3-7-19-8-4-14)5-9-20(16)11-15-6-10-23-13-15;2*3-2(4,5)1(6)7/h3-4,6-8,10,13,16-17H,1-2,5,9,11-12H2;2*(H,6,7)/t16-,17-;;/m0../s1. The number of pyridine rings is 1. The minimum absolute atomic E-state index is 0.285. The highest BCUT2D eigenvalue weighted by Crippen LogP contribution is 2.33. The Bertz CT molecular complexity index is 1010. The zero-order valence-corrected chi connectivity index (χ0v) is 19.1. The summed E-state index contributed by atoms with van der Waals surface area (Å²) in [6.07, 6.45) is -0.372. The molecule has 37 heavy (non-hydrogen) atoms. The normalized spacial score (nSPS) is 19.7. The highest BCUT2D eigenvalue weighted by atomic mass is 19.4. The number of carbonyl (C=O) groups is 3. The number of hydrogen-bond acceptors (Lipinski definition) is 6. The largest absolute Gasteiger partial charge is 0.490 e. The van der Waals surface area contributed by atoms with E-state index >= 15 is 0 Å². The van der Waals surface area contributed by atoms with Gasteiger partial charge in [-0.15, -0.1) is 0 Å². The number of carbonyl (C=O) groups excluding carboxylic acids is 1. The molecule has 0 aliphatic carbocycles. The van der Waals surface area contributed by atoms with E-state index in [-0.39, 0.29) is 5.91 Å². The lowest BCUT2D eigenvalue weighted by Crippen LogP contribution is -2.51. The van der Waals surface area contributed by atoms with Gasteiger partial charge in [-0.2, -0.15) is 26.3 Å². The molecule has 2 aromatic rings. The molecule has 0 bridgehead atoms. The first-order chi connectivity index (χ1) is 17.2. The Hall–Kier alpha value is -3.62. The van der Waals surface area contributed by atoms with Gasteiger partial charge >= 0.3 is 24.3 Å². The van der Waals surface area contributed by atoms with Crippen LogP contribution in [0.4, 0.5) is 26.3 Å². The first kappa shape index (κ1) is 29.6. The van der Waals surface area contributed by atoms with Crippen LogP contribution in [0, 0.1) is 0 Å². The van der Waals surface area contributed by atoms with Crippen LogP contribution in [0.25, 0.3) is 0 Å². The van der Waals surface area contributed by atoms with Crippen LogP contribution in [0.1, 0.15) is 30.4 Å². The number of fused-ring (bicyclic) bond motifs is 1. The maximum absolute atomic E-state index is 12.4. The third kappa shape index (κ3) is 9.08. The number of hydrogen-bond donors (Lipinski definition) is 2. The molecule has 2 saturated heterocycles. The van der Waals surface area contributed by atoms with E-state index in [1.807, 2.05) is 24.5 Å². The lowest BCUT2D eigenvalue weighted by Gasteiger charge is -2.40. The Morgan fingerprint density at radius 3 is 1.97 bits per heavy atom. The second kappa shape index (κ2) is 12.6. The summed E-state index contributed by atoms with van der Waals surface area (Å²) in [7, 11) is 0. The van der Waals surface area contributed by atoms with Crippen LogP contribution in [0.3, 0.4) is 0 Å². The zero-order chi connectivity index (χ0) is 27.8. The molecule has 0 saturated carbocycles. The first-order valence-electron chi connectivity index (χ1n) is 10.7. The van der Waals surface area contributed by atoms with Crippen molar-refractivity contribution in [2.24, 2.45) is 0 Å². The lowest BCUT2D eigenvalue weighted by atomic mass is 9.95. The molecule has 204 valence electrons. The second-order valence-electron chi connectivity index (χ2n) is 8.05. The van der Waals surface area contributed by atoms with E-state index < -0.39 is 24.3 Å². The van der Waals surface area contributed by atoms with E-state index in [1.54, 1.807) is 18.7 Å². The molecule has 1 amide bonds. The number of amides is 1. The number of carboxylic acid groups (broad SMARTS) is 2. The van der Waals surface area contributed by atoms with Crippen molar-refractivity contribution in [2.45, 2.75) is 56.8 Å². The fourth-order valence-electron chi connectivity index (χ4n) is 3.94. The molecule has 2 atom stereocenters. The van der Waals surface area contributed by atoms with Crippen LogP contribution < -0.4 is 0 Å². The number of carboxylic acids is 2. The molecule has 2 aromatic heterocycles. The van der Waals surface area contributed by atoms with Gasteiger partial charge in [0, 0.05) is 56.1 Å². The summed E-state index contributed by atoms with van der Waals surface area (Å²) in [5, 5.41) is 14.2. The number of aliphatic carboxylic acids is 2. The third-order valence-electron chi connectivity index (χ3n) is 5.55. The summed E-state index contributed by atoms with van der Waals surface area (Å²) >= 11 is 0. The topological polar surface area (TPSA) is 124 Å². The molecular formula is C22H23F6N3O6. The van der Waals surface area contributed by atoms with Crippen molar-refractivity contribution < 1.29 is 55.4 Å². The molecule has 2 fully saturated rings. The van der Waals surface area contributed by atoms with Gasteiger partial charge in [0.05, 0.1) is 12.5 Å². The number of piperidine rings is 1. The van der Waals surface area contributed by atoms with Crippen LogP contribution >= 0.6 is 0 Å². The molecule has 4 heterocycles. The van der Waals surface area contributed by atoms with Gasteiger partial charge in [-0.05, 0) is 36.6 Å². The van der Waals surface area contributed by atoms with Gasteiger partial charge < -0.3 is 19.5 Å². The molecular weight excluding hydrogens is 516 g/mol. The van der Waals surface area contributed by atoms with Crippen molar-refractivity contribution in [1.29, 1.82) is 0 Å². The molecule has 4 rings (SSSR count). The summed E-state index contributed by atoms with van der Waals surface area (Å²) in [4.78, 5) is 38.9. The Morgan fingerprint density at radius 1 is 0.919 bits per heavy atom. The predicted molar refractivity (Wildman–Crippen MR) is 113 cm³/mol. The molecule has 0 spiro atoms. The second-order valence-corrected chi connectivity index (χ2v) is 8.05. The summed E-state index contributed by atoms with van der Waals surface area (Å²) in [6, 6.07) is 6.81. The van der Waals surface area contributed by atoms with Crippen molar-refractivity contribution in [1.82, 2.24) is 14.8 Å². The van der Waals surface area contributed by atoms with Gasteiger partial charge in [-0.25, -0.2) is 9.59 Å². The van der Waals surface area contributed by atoms with Gasteiger partial charge in [0.25, 0.3) is 0 Å². The van der Waals surface area contributed by atoms with E-state index in [2.05, 4.69) is 14.8 Å². The Labute approximate surface area is 206 Å². The maximum atomic E-state index is 12.4. The lowest BCUT2D eigenvalue weighted by molar-refractivity contribution is -0.193. The first-order valence-corrected chi connectivity index (χ1v) is 10.7. The molecule has 2 N–H and O–H groups in total. The van der Waals surface area contributed by atoms with E-state index in [0.717, 1.165) is 31.5 Å². The summed E-state index contributed by atoms with van der Waals surface area (Å²) in [5.74, 6) is -5.23. The fraction of sp³-hybridized carbons (Fsp3) is 0.455. The Kier molecular flexibility index (Phi) is 10.1. The number of rotatable bonds is 4. The molecule has 2 aliphatic heterocycles. The minimum atomic E-state index is -5.08. The van der Waals surface area contributed by atoms with Gasteiger partial charge in [0.2, 0.25) is 5.91 Å². The molecule has 9 nitrogen and oxygen atoms in total. The van der Waals surface area contributed by atoms with Crippen LogP contribution in [-0.4, -0.2) is 73.8 Å². The van der Waals surface area contributed by atoms with Gasteiger partial charge in [0.1, 0.15) is 0 Å². The minimum Gasteiger partial charge on any atom is -0.475 e. The van der Waals surface area contributed by atoms with Crippen molar-refractivity contribution in [3.8, 4) is 0 Å². The van der Waals surface area contributed by atoms with E-state index in [0.29, 0.717) is 25.0 Å². The average molecular weight is 539 g/mol. The van der Waals surface area contributed by atoms with Crippen molar-refractivity contribution in [3.63, 3.8) is 0 Å². The fourth-order valence-corrected chi connectivity index (χ4v) is 3.94. The summed E-state index contributed by atoms with van der Waals surface area (Å²) < 4.78 is 68.7. The van der Waals surface area contributed by atoms with Crippen molar-refractivity contribution in [3.05, 3.63) is 54.2 Å². The quantitative estimate of drug-likeness (QED) is 0.564. The van der Waals surface area contributed by atoms with Crippen LogP contribution in [0.2, 0.25) is 0 Å². The smallest absolute Gasteiger partial charge is 0.475 e. The summed E-state index contributed by atoms with van der Waals surface area (Å²) in [5.41, 5.74) is 2.37. The molecule has 0 radical (unpaired) electrons. The summed E-state index contributed by atoms with van der Waals surface area (Å²) in [6.45, 7) is 2.65. The van der Waals surface area contributed by atoms with Crippen LogP contribution in [0.5, 0.6) is 0 Å². The van der Waals surface area contributed by atoms with Crippen LogP contribution in [-0.2, 0) is 27.5 Å². The SMILES string of the molecule is O=C(O)C(F)(F)F.O=C(O)C(F)(F)F.O=C1CC[C@H]2[C@H](CCN2Cc2ccoc2)N1Cc1ccncc1. The predicted octanol–water partition coefficient (Wildman–Crippen LogP) is 3.71. The number of likely N-dealkylation sites (tertiary alicyclic amines) is 2. The number of aromatic nitrogens is 1. The maximum Gasteiger partial charge on any atom is 0.490 e. The van der Waals surface area contributed by atoms with Crippen molar-refractivity contribution in [2.75, 3.05) is 6.54 Å². The highest BCUT2D eigenvalue weighted by molar-refractivity contribution is 5.77.